The van der Waals surface area contributed by atoms with Gasteiger partial charge in [-0.05, 0) is 56.5 Å². The molecule has 7 heteroatoms. The van der Waals surface area contributed by atoms with Gasteiger partial charge >= 0.3 is 0 Å². The molecule has 0 aliphatic carbocycles. The molecule has 7 nitrogen and oxygen atoms in total. The minimum atomic E-state index is -0.462. The molecule has 1 unspecified atom stereocenters. The van der Waals surface area contributed by atoms with Crippen molar-refractivity contribution in [1.82, 2.24) is 5.32 Å². The number of rotatable bonds is 8. The molecule has 1 amide bonds. The summed E-state index contributed by atoms with van der Waals surface area (Å²) < 4.78 is 11.2. The van der Waals surface area contributed by atoms with E-state index in [2.05, 4.69) is 22.6 Å². The van der Waals surface area contributed by atoms with Gasteiger partial charge in [0.2, 0.25) is 0 Å². The van der Waals surface area contributed by atoms with Gasteiger partial charge in [-0.3, -0.25) is 14.6 Å². The number of benzene rings is 2. The van der Waals surface area contributed by atoms with Gasteiger partial charge in [0.25, 0.3) is 5.91 Å². The summed E-state index contributed by atoms with van der Waals surface area (Å²) in [4.78, 5) is 25.4. The maximum Gasteiger partial charge on any atom is 0.267 e. The van der Waals surface area contributed by atoms with Crippen molar-refractivity contribution in [2.45, 2.75) is 44.6 Å². The van der Waals surface area contributed by atoms with Crippen LogP contribution in [0.5, 0.6) is 5.75 Å². The third-order valence-corrected chi connectivity index (χ3v) is 6.48. The van der Waals surface area contributed by atoms with Crippen molar-refractivity contribution in [2.75, 3.05) is 31.4 Å². The van der Waals surface area contributed by atoms with E-state index in [1.807, 2.05) is 49.4 Å². The van der Waals surface area contributed by atoms with Crippen LogP contribution in [0.1, 0.15) is 38.7 Å². The van der Waals surface area contributed by atoms with Gasteiger partial charge in [-0.25, -0.2) is 0 Å². The van der Waals surface area contributed by atoms with Gasteiger partial charge in [0.05, 0.1) is 12.3 Å². The molecule has 0 saturated carbocycles. The van der Waals surface area contributed by atoms with E-state index in [0.29, 0.717) is 38.5 Å². The molecule has 33 heavy (non-hydrogen) atoms. The second kappa shape index (κ2) is 10.2. The Balaban J connectivity index is 1.50. The first-order valence-electron chi connectivity index (χ1n) is 11.5. The van der Waals surface area contributed by atoms with Crippen LogP contribution in [0.3, 0.4) is 0 Å². The molecule has 0 spiro atoms. The zero-order chi connectivity index (χ0) is 23.3. The number of hydrogen-bond donors (Lipinski definition) is 1. The van der Waals surface area contributed by atoms with E-state index in [-0.39, 0.29) is 17.1 Å². The van der Waals surface area contributed by atoms with E-state index in [1.54, 1.807) is 11.9 Å². The first-order valence-corrected chi connectivity index (χ1v) is 11.5. The molecule has 1 fully saturated rings. The molecule has 0 radical (unpaired) electrons. The predicted molar refractivity (Wildman–Crippen MR) is 128 cm³/mol. The number of nitrogens with zero attached hydrogens (tertiary/aromatic N) is 2. The minimum absolute atomic E-state index is 0.0132. The Morgan fingerprint density at radius 2 is 1.82 bits per heavy atom. The molecule has 1 N–H and O–H groups in total. The number of para-hydroxylation sites is 1. The number of hydrogen-bond acceptors (Lipinski definition) is 6. The molecule has 0 bridgehead atoms. The number of ketones is 1. The summed E-state index contributed by atoms with van der Waals surface area (Å²) in [6.45, 7) is 5.91. The Kier molecular flexibility index (Phi) is 7.08. The summed E-state index contributed by atoms with van der Waals surface area (Å²) in [6, 6.07) is 17.1. The minimum Gasteiger partial charge on any atom is -0.494 e. The van der Waals surface area contributed by atoms with E-state index in [9.17, 15) is 9.59 Å². The number of Topliss-reactive ketones (excluding diaryl/α,β-unsaturated/α-hetero) is 1. The molecule has 2 aliphatic rings. The smallest absolute Gasteiger partial charge is 0.267 e. The largest absolute Gasteiger partial charge is 0.494 e. The molecular formula is C26H31N3O4. The second-order valence-corrected chi connectivity index (χ2v) is 8.59. The van der Waals surface area contributed by atoms with Gasteiger partial charge in [-0.1, -0.05) is 30.3 Å². The van der Waals surface area contributed by atoms with Crippen LogP contribution >= 0.6 is 0 Å². The molecule has 1 saturated heterocycles. The highest BCUT2D eigenvalue weighted by atomic mass is 16.5. The van der Waals surface area contributed by atoms with Gasteiger partial charge in [0.1, 0.15) is 17.5 Å². The fourth-order valence-electron chi connectivity index (χ4n) is 4.54. The van der Waals surface area contributed by atoms with Gasteiger partial charge in [0.15, 0.2) is 5.78 Å². The fraction of sp³-hybridized carbons (Fsp3) is 0.423. The number of amides is 1. The Hall–Kier alpha value is -3.19. The topological polar surface area (TPSA) is 80.2 Å². The zero-order valence-electron chi connectivity index (χ0n) is 19.3. The van der Waals surface area contributed by atoms with E-state index in [0.717, 1.165) is 29.8 Å². The van der Waals surface area contributed by atoms with Gasteiger partial charge in [-0.15, -0.1) is 0 Å². The number of nitrogens with one attached hydrogen (secondary N) is 1. The second-order valence-electron chi connectivity index (χ2n) is 8.59. The number of hydrazone groups is 1. The summed E-state index contributed by atoms with van der Waals surface area (Å²) in [6.07, 6.45) is 1.94. The van der Waals surface area contributed by atoms with Gasteiger partial charge < -0.3 is 14.8 Å². The van der Waals surface area contributed by atoms with Crippen LogP contribution in [0.4, 0.5) is 5.69 Å². The molecule has 2 aromatic carbocycles. The van der Waals surface area contributed by atoms with Gasteiger partial charge in [0, 0.05) is 31.6 Å². The summed E-state index contributed by atoms with van der Waals surface area (Å²) in [5.74, 6) is 0.598. The van der Waals surface area contributed by atoms with Crippen LogP contribution in [0, 0.1) is 0 Å². The summed E-state index contributed by atoms with van der Waals surface area (Å²) >= 11 is 0. The van der Waals surface area contributed by atoms with Crippen LogP contribution in [0.15, 0.2) is 59.7 Å². The molecule has 2 heterocycles. The standard InChI is InChI=1S/C26H31N3O4/c1-3-33-22-11-9-20(10-12-22)26(13-15-32-16-14-26)18-27-25(31)23-17-24(19(2)30)29(28-23)21-7-5-4-6-8-21/h4-12,24H,3,13-18H2,1-2H3,(H,27,31). The maximum absolute atomic E-state index is 13.1. The lowest BCUT2D eigenvalue weighted by molar-refractivity contribution is -0.118. The summed E-state index contributed by atoms with van der Waals surface area (Å²) in [5, 5.41) is 9.30. The van der Waals surface area contributed by atoms with Crippen molar-refractivity contribution in [1.29, 1.82) is 0 Å². The van der Waals surface area contributed by atoms with Crippen LogP contribution in [0.25, 0.3) is 0 Å². The summed E-state index contributed by atoms with van der Waals surface area (Å²) in [7, 11) is 0. The van der Waals surface area contributed by atoms with E-state index < -0.39 is 6.04 Å². The Morgan fingerprint density at radius 1 is 1.12 bits per heavy atom. The number of carbonyl (C=O) groups excluding carboxylic acids is 2. The summed E-state index contributed by atoms with van der Waals surface area (Å²) in [5.41, 5.74) is 2.14. The van der Waals surface area contributed by atoms with Crippen molar-refractivity contribution in [3.63, 3.8) is 0 Å². The predicted octanol–water partition coefficient (Wildman–Crippen LogP) is 3.47. The molecule has 0 aromatic heterocycles. The molecular weight excluding hydrogens is 418 g/mol. The van der Waals surface area contributed by atoms with Crippen molar-refractivity contribution < 1.29 is 19.1 Å². The lowest BCUT2D eigenvalue weighted by Crippen LogP contribution is -2.46. The van der Waals surface area contributed by atoms with Crippen molar-refractivity contribution in [2.24, 2.45) is 5.10 Å². The van der Waals surface area contributed by atoms with Crippen LogP contribution in [0.2, 0.25) is 0 Å². The number of ether oxygens (including phenoxy) is 2. The molecule has 2 aromatic rings. The normalized spacial score (nSPS) is 19.6. The third kappa shape index (κ3) is 5.09. The number of carbonyl (C=O) groups is 2. The zero-order valence-corrected chi connectivity index (χ0v) is 19.3. The monoisotopic (exact) mass is 449 g/mol. The first-order chi connectivity index (χ1) is 16.0. The quantitative estimate of drug-likeness (QED) is 0.668. The number of anilines is 1. The third-order valence-electron chi connectivity index (χ3n) is 6.48. The highest BCUT2D eigenvalue weighted by molar-refractivity contribution is 6.40. The lowest BCUT2D eigenvalue weighted by Gasteiger charge is -2.38. The van der Waals surface area contributed by atoms with E-state index in [4.69, 9.17) is 9.47 Å². The van der Waals surface area contributed by atoms with E-state index >= 15 is 0 Å². The highest BCUT2D eigenvalue weighted by Gasteiger charge is 2.37. The SMILES string of the molecule is CCOc1ccc(C2(CNC(=O)C3=NN(c4ccccc4)C(C(C)=O)C3)CCOCC2)cc1. The van der Waals surface area contributed by atoms with Gasteiger partial charge in [-0.2, -0.15) is 5.10 Å². The Morgan fingerprint density at radius 3 is 2.45 bits per heavy atom. The molecule has 4 rings (SSSR count). The molecule has 174 valence electrons. The molecule has 2 aliphatic heterocycles. The average molecular weight is 450 g/mol. The average Bonchev–Trinajstić information content (AvgIpc) is 3.31. The van der Waals surface area contributed by atoms with Crippen molar-refractivity contribution in [3.8, 4) is 5.75 Å². The highest BCUT2D eigenvalue weighted by Crippen LogP contribution is 2.35. The maximum atomic E-state index is 13.1. The van der Waals surface area contributed by atoms with Crippen LogP contribution < -0.4 is 15.1 Å². The Labute approximate surface area is 194 Å². The van der Waals surface area contributed by atoms with Crippen LogP contribution in [-0.2, 0) is 19.7 Å². The van der Waals surface area contributed by atoms with Crippen molar-refractivity contribution >= 4 is 23.1 Å². The Bertz CT molecular complexity index is 998. The fourth-order valence-corrected chi connectivity index (χ4v) is 4.54. The van der Waals surface area contributed by atoms with Crippen LogP contribution in [-0.4, -0.2) is 49.8 Å². The van der Waals surface area contributed by atoms with E-state index in [1.165, 1.54) is 0 Å². The lowest BCUT2D eigenvalue weighted by atomic mass is 9.74. The first kappa shape index (κ1) is 23.0. The van der Waals surface area contributed by atoms with Crippen molar-refractivity contribution in [3.05, 3.63) is 60.2 Å². The molecule has 1 atom stereocenters.